The molecule has 0 aromatic heterocycles. The lowest BCUT2D eigenvalue weighted by molar-refractivity contribution is -0.133. The number of rotatable bonds is 6. The lowest BCUT2D eigenvalue weighted by atomic mass is 9.86. The first-order chi connectivity index (χ1) is 9.79. The maximum absolute atomic E-state index is 12.4. The Labute approximate surface area is 121 Å². The normalized spacial score (nSPS) is 16.1. The van der Waals surface area contributed by atoms with Crippen molar-refractivity contribution in [3.05, 3.63) is 35.9 Å². The van der Waals surface area contributed by atoms with Crippen LogP contribution in [0.15, 0.2) is 30.3 Å². The Bertz CT molecular complexity index is 399. The van der Waals surface area contributed by atoms with Crippen molar-refractivity contribution in [2.75, 3.05) is 13.2 Å². The third-order valence-electron chi connectivity index (χ3n) is 4.13. The van der Waals surface area contributed by atoms with E-state index in [1.807, 2.05) is 30.3 Å². The summed E-state index contributed by atoms with van der Waals surface area (Å²) in [6, 6.07) is 10.00. The predicted molar refractivity (Wildman–Crippen MR) is 80.1 cm³/mol. The summed E-state index contributed by atoms with van der Waals surface area (Å²) in [5.74, 6) is 0.739. The van der Waals surface area contributed by atoms with E-state index in [-0.39, 0.29) is 12.5 Å². The first kappa shape index (κ1) is 15.0. The Hall–Kier alpha value is -1.35. The van der Waals surface area contributed by atoms with Gasteiger partial charge in [0, 0.05) is 19.5 Å². The van der Waals surface area contributed by atoms with Gasteiger partial charge in [-0.3, -0.25) is 4.79 Å². The van der Waals surface area contributed by atoms with Crippen LogP contribution in [0.25, 0.3) is 0 Å². The predicted octanol–water partition coefficient (Wildman–Crippen LogP) is 2.98. The molecule has 1 aromatic carbocycles. The molecule has 1 N–H and O–H groups in total. The molecule has 0 atom stereocenters. The Kier molecular flexibility index (Phi) is 6.06. The number of aliphatic hydroxyl groups is 1. The molecule has 0 spiro atoms. The average Bonchev–Trinajstić information content (AvgIpc) is 2.49. The summed E-state index contributed by atoms with van der Waals surface area (Å²) >= 11 is 0. The maximum atomic E-state index is 12.4. The van der Waals surface area contributed by atoms with Crippen LogP contribution in [0.4, 0.5) is 0 Å². The molecule has 0 bridgehead atoms. The van der Waals surface area contributed by atoms with Crippen LogP contribution >= 0.6 is 0 Å². The van der Waals surface area contributed by atoms with Gasteiger partial charge in [-0.1, -0.05) is 49.6 Å². The molecule has 20 heavy (non-hydrogen) atoms. The number of hydrogen-bond acceptors (Lipinski definition) is 2. The summed E-state index contributed by atoms with van der Waals surface area (Å²) in [6.07, 6.45) is 6.85. The van der Waals surface area contributed by atoms with E-state index in [2.05, 4.69) is 0 Å². The van der Waals surface area contributed by atoms with Gasteiger partial charge in [0.15, 0.2) is 0 Å². The summed E-state index contributed by atoms with van der Waals surface area (Å²) in [4.78, 5) is 14.2. The van der Waals surface area contributed by atoms with Gasteiger partial charge in [-0.15, -0.1) is 0 Å². The quantitative estimate of drug-likeness (QED) is 0.867. The van der Waals surface area contributed by atoms with Gasteiger partial charge in [-0.2, -0.15) is 0 Å². The fraction of sp³-hybridized carbons (Fsp3) is 0.588. The molecule has 1 aliphatic carbocycles. The van der Waals surface area contributed by atoms with E-state index in [4.69, 9.17) is 0 Å². The van der Waals surface area contributed by atoms with Crippen LogP contribution in [-0.4, -0.2) is 29.1 Å². The van der Waals surface area contributed by atoms with Crippen LogP contribution < -0.4 is 0 Å². The molecular weight excluding hydrogens is 250 g/mol. The SMILES string of the molecule is O=C(CC1CCCCC1)N(CCO)Cc1ccccc1. The van der Waals surface area contributed by atoms with Gasteiger partial charge in [0.2, 0.25) is 5.91 Å². The zero-order chi connectivity index (χ0) is 14.2. The monoisotopic (exact) mass is 275 g/mol. The van der Waals surface area contributed by atoms with Crippen LogP contribution in [0.3, 0.4) is 0 Å². The zero-order valence-corrected chi connectivity index (χ0v) is 12.1. The first-order valence-corrected chi connectivity index (χ1v) is 7.72. The molecule has 1 saturated carbocycles. The summed E-state index contributed by atoms with van der Waals surface area (Å²) in [7, 11) is 0. The van der Waals surface area contributed by atoms with Crippen molar-refractivity contribution in [3.63, 3.8) is 0 Å². The van der Waals surface area contributed by atoms with Crippen LogP contribution in [0.5, 0.6) is 0 Å². The summed E-state index contributed by atoms with van der Waals surface area (Å²) in [5, 5.41) is 9.18. The minimum atomic E-state index is 0.0310. The number of hydrogen-bond donors (Lipinski definition) is 1. The lowest BCUT2D eigenvalue weighted by Crippen LogP contribution is -2.34. The fourth-order valence-corrected chi connectivity index (χ4v) is 2.98. The van der Waals surface area contributed by atoms with Crippen molar-refractivity contribution in [3.8, 4) is 0 Å². The molecule has 1 amide bonds. The summed E-state index contributed by atoms with van der Waals surface area (Å²) in [5.41, 5.74) is 1.12. The second-order valence-corrected chi connectivity index (χ2v) is 5.73. The van der Waals surface area contributed by atoms with Gasteiger partial charge in [-0.25, -0.2) is 0 Å². The third-order valence-corrected chi connectivity index (χ3v) is 4.13. The highest BCUT2D eigenvalue weighted by Crippen LogP contribution is 2.27. The van der Waals surface area contributed by atoms with Crippen LogP contribution in [0.2, 0.25) is 0 Å². The summed E-state index contributed by atoms with van der Waals surface area (Å²) in [6.45, 7) is 1.07. The van der Waals surface area contributed by atoms with Gasteiger partial charge >= 0.3 is 0 Å². The molecule has 110 valence electrons. The molecule has 1 aliphatic rings. The molecule has 0 radical (unpaired) electrons. The largest absolute Gasteiger partial charge is 0.395 e. The summed E-state index contributed by atoms with van der Waals surface area (Å²) < 4.78 is 0. The topological polar surface area (TPSA) is 40.5 Å². The highest BCUT2D eigenvalue weighted by molar-refractivity contribution is 5.76. The standard InChI is InChI=1S/C17H25NO2/c19-12-11-18(14-16-9-5-2-6-10-16)17(20)13-15-7-3-1-4-8-15/h2,5-6,9-10,15,19H,1,3-4,7-8,11-14H2. The van der Waals surface area contributed by atoms with Crippen molar-refractivity contribution >= 4 is 5.91 Å². The van der Waals surface area contributed by atoms with E-state index in [9.17, 15) is 9.90 Å². The minimum absolute atomic E-state index is 0.0310. The molecule has 0 unspecified atom stereocenters. The number of aliphatic hydroxyl groups excluding tert-OH is 1. The molecule has 2 rings (SSSR count). The molecular formula is C17H25NO2. The molecule has 0 aliphatic heterocycles. The van der Waals surface area contributed by atoms with E-state index >= 15 is 0 Å². The number of carbonyl (C=O) groups is 1. The van der Waals surface area contributed by atoms with Gasteiger partial charge < -0.3 is 10.0 Å². The Morgan fingerprint density at radius 3 is 2.50 bits per heavy atom. The van der Waals surface area contributed by atoms with Gasteiger partial charge in [0.1, 0.15) is 0 Å². The second kappa shape index (κ2) is 8.05. The van der Waals surface area contributed by atoms with E-state index in [1.165, 1.54) is 32.1 Å². The molecule has 0 saturated heterocycles. The van der Waals surface area contributed by atoms with Gasteiger partial charge in [0.05, 0.1) is 6.61 Å². The fourth-order valence-electron chi connectivity index (χ4n) is 2.98. The van der Waals surface area contributed by atoms with E-state index in [0.29, 0.717) is 25.4 Å². The van der Waals surface area contributed by atoms with Crippen molar-refractivity contribution in [2.45, 2.75) is 45.1 Å². The molecule has 3 nitrogen and oxygen atoms in total. The second-order valence-electron chi connectivity index (χ2n) is 5.73. The van der Waals surface area contributed by atoms with E-state index in [1.54, 1.807) is 4.90 Å². The number of nitrogens with zero attached hydrogens (tertiary/aromatic N) is 1. The third kappa shape index (κ3) is 4.64. The van der Waals surface area contributed by atoms with Crippen molar-refractivity contribution < 1.29 is 9.90 Å². The van der Waals surface area contributed by atoms with Crippen molar-refractivity contribution in [1.82, 2.24) is 4.90 Å². The van der Waals surface area contributed by atoms with Crippen molar-refractivity contribution in [2.24, 2.45) is 5.92 Å². The molecule has 1 aromatic rings. The van der Waals surface area contributed by atoms with Crippen molar-refractivity contribution in [1.29, 1.82) is 0 Å². The van der Waals surface area contributed by atoms with Gasteiger partial charge in [-0.05, 0) is 24.3 Å². The van der Waals surface area contributed by atoms with Crippen LogP contribution in [0.1, 0.15) is 44.1 Å². The Morgan fingerprint density at radius 1 is 1.15 bits per heavy atom. The molecule has 1 fully saturated rings. The lowest BCUT2D eigenvalue weighted by Gasteiger charge is -2.26. The van der Waals surface area contributed by atoms with E-state index in [0.717, 1.165) is 5.56 Å². The smallest absolute Gasteiger partial charge is 0.223 e. The zero-order valence-electron chi connectivity index (χ0n) is 12.1. The minimum Gasteiger partial charge on any atom is -0.395 e. The molecule has 0 heterocycles. The number of amides is 1. The highest BCUT2D eigenvalue weighted by Gasteiger charge is 2.20. The molecule has 3 heteroatoms. The average molecular weight is 275 g/mol. The Balaban J connectivity index is 1.91. The number of benzene rings is 1. The number of carbonyl (C=O) groups excluding carboxylic acids is 1. The maximum Gasteiger partial charge on any atom is 0.223 e. The van der Waals surface area contributed by atoms with Crippen LogP contribution in [-0.2, 0) is 11.3 Å². The highest BCUT2D eigenvalue weighted by atomic mass is 16.3. The van der Waals surface area contributed by atoms with E-state index < -0.39 is 0 Å². The Morgan fingerprint density at radius 2 is 1.85 bits per heavy atom. The van der Waals surface area contributed by atoms with Crippen LogP contribution in [0, 0.1) is 5.92 Å². The first-order valence-electron chi connectivity index (χ1n) is 7.72. The van der Waals surface area contributed by atoms with Gasteiger partial charge in [0.25, 0.3) is 0 Å².